The van der Waals surface area contributed by atoms with Crippen molar-refractivity contribution >= 4 is 43.0 Å². The van der Waals surface area contributed by atoms with Crippen LogP contribution in [0.5, 0.6) is 5.75 Å². The molecule has 3 aromatic rings. The highest BCUT2D eigenvalue weighted by Gasteiger charge is 2.30. The van der Waals surface area contributed by atoms with E-state index in [1.807, 2.05) is 42.5 Å². The molecule has 2 aromatic carbocycles. The number of anilines is 1. The number of hydrogen-bond donors (Lipinski definition) is 1. The minimum absolute atomic E-state index is 0.321. The van der Waals surface area contributed by atoms with Gasteiger partial charge in [-0.3, -0.25) is 4.72 Å². The van der Waals surface area contributed by atoms with Crippen LogP contribution in [-0.2, 0) is 21.4 Å². The molecule has 0 saturated heterocycles. The Morgan fingerprint density at radius 1 is 1.21 bits per heavy atom. The topological polar surface area (TPSA) is 64.6 Å². The Labute approximate surface area is 176 Å². The highest BCUT2D eigenvalue weighted by atomic mass is 79.9. The molecule has 146 valence electrons. The van der Waals surface area contributed by atoms with Crippen LogP contribution in [0.3, 0.4) is 0 Å². The van der Waals surface area contributed by atoms with Crippen molar-refractivity contribution in [3.63, 3.8) is 0 Å². The zero-order chi connectivity index (χ0) is 19.9. The molecule has 1 aliphatic heterocycles. The molecular formula is C20H18BrNO4S2. The minimum Gasteiger partial charge on any atom is -0.479 e. The highest BCUT2D eigenvalue weighted by Crippen LogP contribution is 2.48. The van der Waals surface area contributed by atoms with Crippen molar-refractivity contribution in [1.82, 2.24) is 0 Å². The lowest BCUT2D eigenvalue weighted by molar-refractivity contribution is 0.184. The van der Waals surface area contributed by atoms with E-state index in [9.17, 15) is 8.42 Å². The lowest BCUT2D eigenvalue weighted by Crippen LogP contribution is -2.17. The molecule has 1 aliphatic rings. The van der Waals surface area contributed by atoms with Crippen LogP contribution in [0.2, 0.25) is 0 Å². The summed E-state index contributed by atoms with van der Waals surface area (Å²) >= 11 is 5.11. The van der Waals surface area contributed by atoms with Crippen LogP contribution in [-0.4, -0.2) is 21.8 Å². The van der Waals surface area contributed by atoms with E-state index in [0.29, 0.717) is 12.3 Å². The van der Waals surface area contributed by atoms with Gasteiger partial charge in [0.2, 0.25) is 10.0 Å². The lowest BCUT2D eigenvalue weighted by Gasteiger charge is -2.30. The summed E-state index contributed by atoms with van der Waals surface area (Å²) in [5.41, 5.74) is 4.45. The molecule has 4 rings (SSSR count). The monoisotopic (exact) mass is 479 g/mol. The quantitative estimate of drug-likeness (QED) is 0.547. The fourth-order valence-electron chi connectivity index (χ4n) is 3.41. The van der Waals surface area contributed by atoms with Crippen LogP contribution < -0.4 is 9.46 Å². The van der Waals surface area contributed by atoms with Gasteiger partial charge in [-0.1, -0.05) is 18.2 Å². The van der Waals surface area contributed by atoms with Gasteiger partial charge in [0.15, 0.2) is 6.10 Å². The van der Waals surface area contributed by atoms with Crippen LogP contribution >= 0.6 is 27.3 Å². The molecule has 0 saturated carbocycles. The molecule has 1 atom stereocenters. The van der Waals surface area contributed by atoms with E-state index in [4.69, 9.17) is 9.47 Å². The summed E-state index contributed by atoms with van der Waals surface area (Å²) in [4.78, 5) is 1.03. The number of nitrogens with one attached hydrogen (secondary N) is 1. The van der Waals surface area contributed by atoms with Crippen LogP contribution in [0.25, 0.3) is 11.1 Å². The summed E-state index contributed by atoms with van der Waals surface area (Å²) in [6, 6.07) is 15.5. The van der Waals surface area contributed by atoms with Gasteiger partial charge < -0.3 is 9.47 Å². The van der Waals surface area contributed by atoms with Gasteiger partial charge in [0, 0.05) is 23.9 Å². The molecule has 0 bridgehead atoms. The number of sulfonamides is 1. The molecule has 0 fully saturated rings. The molecule has 0 radical (unpaired) electrons. The number of thiophene rings is 1. The number of methoxy groups -OCH3 is 1. The Kier molecular flexibility index (Phi) is 5.22. The van der Waals surface area contributed by atoms with Gasteiger partial charge in [-0.25, -0.2) is 8.42 Å². The first kappa shape index (κ1) is 19.4. The molecule has 2 heterocycles. The molecule has 0 spiro atoms. The Hall–Kier alpha value is -1.87. The lowest BCUT2D eigenvalue weighted by atomic mass is 9.89. The molecule has 0 aliphatic carbocycles. The van der Waals surface area contributed by atoms with Crippen molar-refractivity contribution in [1.29, 1.82) is 0 Å². The maximum Gasteiger partial charge on any atom is 0.229 e. The molecule has 0 amide bonds. The van der Waals surface area contributed by atoms with Crippen LogP contribution in [0, 0.1) is 0 Å². The van der Waals surface area contributed by atoms with Crippen LogP contribution in [0.15, 0.2) is 52.3 Å². The van der Waals surface area contributed by atoms with Crippen LogP contribution in [0.4, 0.5) is 5.69 Å². The molecule has 5 nitrogen and oxygen atoms in total. The van der Waals surface area contributed by atoms with Crippen molar-refractivity contribution in [2.45, 2.75) is 12.7 Å². The number of ether oxygens (including phenoxy) is 2. The van der Waals surface area contributed by atoms with Crippen molar-refractivity contribution in [3.05, 3.63) is 68.3 Å². The van der Waals surface area contributed by atoms with Gasteiger partial charge in [0.05, 0.1) is 21.5 Å². The largest absolute Gasteiger partial charge is 0.479 e. The van der Waals surface area contributed by atoms with Gasteiger partial charge in [0.1, 0.15) is 5.75 Å². The van der Waals surface area contributed by atoms with E-state index in [1.165, 1.54) is 0 Å². The van der Waals surface area contributed by atoms with E-state index >= 15 is 0 Å². The summed E-state index contributed by atoms with van der Waals surface area (Å²) in [5.74, 6) is 0.792. The van der Waals surface area contributed by atoms with Crippen molar-refractivity contribution in [2.24, 2.45) is 0 Å². The number of halogens is 1. The third-order valence-corrected chi connectivity index (χ3v) is 6.69. The first-order valence-corrected chi connectivity index (χ1v) is 12.0. The van der Waals surface area contributed by atoms with Gasteiger partial charge in [-0.2, -0.15) is 0 Å². The van der Waals surface area contributed by atoms with E-state index in [1.54, 1.807) is 24.5 Å². The standard InChI is InChI=1S/C20H18BrNO4S2/c1-25-11-12-4-3-5-16-19(12)14-7-6-13(22-28(2,23)24)10-15(14)20(26-16)17-8-9-18(21)27-17/h3-10,20,22H,11H2,1-2H3. The summed E-state index contributed by atoms with van der Waals surface area (Å²) in [7, 11) is -1.71. The number of hydrogen-bond acceptors (Lipinski definition) is 5. The predicted octanol–water partition coefficient (Wildman–Crippen LogP) is 5.18. The van der Waals surface area contributed by atoms with Crippen molar-refractivity contribution < 1.29 is 17.9 Å². The normalized spacial score (nSPS) is 15.5. The zero-order valence-electron chi connectivity index (χ0n) is 15.2. The molecular weight excluding hydrogens is 462 g/mol. The second-order valence-corrected chi connectivity index (χ2v) is 10.8. The second kappa shape index (κ2) is 7.51. The number of benzene rings is 2. The third-order valence-electron chi connectivity index (χ3n) is 4.42. The average molecular weight is 480 g/mol. The van der Waals surface area contributed by atoms with E-state index in [0.717, 1.165) is 42.9 Å². The molecule has 1 N–H and O–H groups in total. The van der Waals surface area contributed by atoms with Gasteiger partial charge >= 0.3 is 0 Å². The first-order chi connectivity index (χ1) is 13.4. The van der Waals surface area contributed by atoms with E-state index < -0.39 is 10.0 Å². The minimum atomic E-state index is -3.37. The maximum absolute atomic E-state index is 11.7. The first-order valence-electron chi connectivity index (χ1n) is 8.50. The summed E-state index contributed by atoms with van der Waals surface area (Å²) in [5, 5.41) is 0. The Morgan fingerprint density at radius 3 is 2.71 bits per heavy atom. The predicted molar refractivity (Wildman–Crippen MR) is 116 cm³/mol. The maximum atomic E-state index is 11.7. The number of fused-ring (bicyclic) bond motifs is 3. The van der Waals surface area contributed by atoms with Gasteiger partial charge in [-0.15, -0.1) is 11.3 Å². The fourth-order valence-corrected chi connectivity index (χ4v) is 5.44. The second-order valence-electron chi connectivity index (χ2n) is 6.54. The summed E-state index contributed by atoms with van der Waals surface area (Å²) in [6.07, 6.45) is 0.820. The van der Waals surface area contributed by atoms with Crippen LogP contribution in [0.1, 0.15) is 22.1 Å². The van der Waals surface area contributed by atoms with Gasteiger partial charge in [-0.05, 0) is 57.4 Å². The smallest absolute Gasteiger partial charge is 0.229 e. The van der Waals surface area contributed by atoms with Gasteiger partial charge in [0.25, 0.3) is 0 Å². The number of rotatable bonds is 5. The molecule has 1 unspecified atom stereocenters. The Balaban J connectivity index is 1.91. The SMILES string of the molecule is COCc1cccc2c1-c1ccc(NS(C)(=O)=O)cc1C(c1ccc(Br)s1)O2. The molecule has 8 heteroatoms. The Bertz CT molecular complexity index is 1140. The highest BCUT2D eigenvalue weighted by molar-refractivity contribution is 9.11. The molecule has 28 heavy (non-hydrogen) atoms. The molecule has 1 aromatic heterocycles. The average Bonchev–Trinajstić information content (AvgIpc) is 3.06. The fraction of sp³-hybridized carbons (Fsp3) is 0.200. The van der Waals surface area contributed by atoms with E-state index in [-0.39, 0.29) is 6.10 Å². The summed E-state index contributed by atoms with van der Waals surface area (Å²) in [6.45, 7) is 0.463. The van der Waals surface area contributed by atoms with E-state index in [2.05, 4.69) is 20.7 Å². The Morgan fingerprint density at radius 2 is 2.04 bits per heavy atom. The van der Waals surface area contributed by atoms with Crippen molar-refractivity contribution in [3.8, 4) is 16.9 Å². The van der Waals surface area contributed by atoms with Crippen molar-refractivity contribution in [2.75, 3.05) is 18.1 Å². The summed E-state index contributed by atoms with van der Waals surface area (Å²) < 4.78 is 38.7. The third kappa shape index (κ3) is 3.82. The zero-order valence-corrected chi connectivity index (χ0v) is 18.4.